The van der Waals surface area contributed by atoms with E-state index >= 15 is 0 Å². The number of nitrogens with zero attached hydrogens (tertiary/aromatic N) is 10. The number of Topliss-reactive ketones (excluding diaryl/α,β-unsaturated/α-hetero) is 3. The van der Waals surface area contributed by atoms with Crippen molar-refractivity contribution in [2.45, 2.75) is 123 Å². The van der Waals surface area contributed by atoms with E-state index in [1.165, 1.54) is 37.1 Å². The Bertz CT molecular complexity index is 4250. The van der Waals surface area contributed by atoms with Gasteiger partial charge in [-0.15, -0.1) is 6.42 Å². The van der Waals surface area contributed by atoms with Crippen LogP contribution in [0.2, 0.25) is 0 Å². The molecule has 1 saturated heterocycles. The lowest BCUT2D eigenvalue weighted by molar-refractivity contribution is -0.118. The molecule has 0 radical (unpaired) electrons. The van der Waals surface area contributed by atoms with Crippen LogP contribution >= 0.6 is 0 Å². The lowest BCUT2D eigenvalue weighted by Crippen LogP contribution is -2.29. The molecule has 3 aliphatic carbocycles. The Kier molecular flexibility index (Phi) is 17.2. The van der Waals surface area contributed by atoms with E-state index in [0.29, 0.717) is 67.7 Å². The van der Waals surface area contributed by atoms with E-state index in [0.717, 1.165) is 114 Å². The Labute approximate surface area is 514 Å². The van der Waals surface area contributed by atoms with Crippen LogP contribution in [-0.4, -0.2) is 104 Å². The molecule has 88 heavy (non-hydrogen) atoms. The summed E-state index contributed by atoms with van der Waals surface area (Å²) < 4.78 is 26.6. The Morgan fingerprint density at radius 2 is 1.00 bits per heavy atom. The summed E-state index contributed by atoms with van der Waals surface area (Å²) >= 11 is 0. The maximum absolute atomic E-state index is 11.8. The van der Waals surface area contributed by atoms with E-state index < -0.39 is 0 Å². The maximum Gasteiger partial charge on any atom is 0.137 e. The molecule has 452 valence electrons. The molecule has 4 aromatic carbocycles. The minimum absolute atomic E-state index is 0.00640. The summed E-state index contributed by atoms with van der Waals surface area (Å²) in [5.41, 5.74) is 12.9. The SMILES string of the molecule is C#Cc1ccc2ncc(-c3cc(O[C@H](C)[C@H]4CCC(=O)C4)c4cn(C)nc4c3)n2c1.C[C@@H](Oc1cc(-c2ccc(C3CCN(C)CC3)cc2)cc2nn(C)cc12)[C@H]1CCC(=O)C1.Cc1ccc(-c2cc(O[C@H](C)[C@H]3CCC(=O)C3)c3cn(C)nc3c2)nc1. The molecule has 10 aromatic rings. The van der Waals surface area contributed by atoms with Gasteiger partial charge in [-0.3, -0.25) is 37.8 Å². The number of ketones is 3. The number of benzene rings is 4. The predicted octanol–water partition coefficient (Wildman–Crippen LogP) is 13.3. The van der Waals surface area contributed by atoms with E-state index in [9.17, 15) is 14.4 Å². The first kappa shape index (κ1) is 59.4. The summed E-state index contributed by atoms with van der Waals surface area (Å²) in [6, 6.07) is 29.4. The number of terminal acetylenes is 1. The van der Waals surface area contributed by atoms with Crippen molar-refractivity contribution in [3.05, 3.63) is 139 Å². The second-order valence-corrected chi connectivity index (χ2v) is 25.1. The standard InChI is InChI=1S/C27H33N3O2.C24H22N4O2.C21H23N3O2/c1-18(22-8-9-24(31)14-22)32-27-16-23(15-26-25(27)17-30(3)28-26)20-6-4-19(5-7-20)21-10-12-29(2)13-11-21;1-4-16-5-8-24-25-12-22(28(24)13-16)18-10-21-20(14-27(3)26-21)23(11-18)30-15(2)17-6-7-19(29)9-17;1-13-4-7-19(22-11-13)16-9-20-18(12-24(3)23-20)21(10-16)26-14(2)15-5-6-17(25)8-15/h4-7,15-18,21-22H,8-14H2,1-3H3;1,5,8,10-15,17H,6-7,9H2,2-3H3;4,7,9-12,14-15H,5-6,8H2,1-3H3/t18-,22+;15-,17+;14-,15+/m111/s1. The molecule has 4 aliphatic rings. The quantitative estimate of drug-likeness (QED) is 0.100. The van der Waals surface area contributed by atoms with Crippen LogP contribution in [0, 0.1) is 37.0 Å². The zero-order valence-corrected chi connectivity index (χ0v) is 51.8. The molecule has 0 unspecified atom stereocenters. The maximum atomic E-state index is 11.8. The molecule has 14 rings (SSSR count). The number of hydrogen-bond donors (Lipinski definition) is 0. The first-order chi connectivity index (χ1) is 42.5. The van der Waals surface area contributed by atoms with E-state index in [1.807, 2.05) is 124 Å². The van der Waals surface area contributed by atoms with Gasteiger partial charge in [0.1, 0.15) is 40.2 Å². The predicted molar refractivity (Wildman–Crippen MR) is 344 cm³/mol. The van der Waals surface area contributed by atoms with Crippen LogP contribution in [0.3, 0.4) is 0 Å². The molecule has 7 heterocycles. The topological polar surface area (TPSA) is 166 Å². The van der Waals surface area contributed by atoms with Gasteiger partial charge in [-0.05, 0) is 163 Å². The third-order valence-electron chi connectivity index (χ3n) is 18.5. The zero-order valence-electron chi connectivity index (χ0n) is 51.8. The first-order valence-corrected chi connectivity index (χ1v) is 31.1. The minimum atomic E-state index is -0.0506. The average Bonchev–Trinajstić information content (AvgIpc) is 3.03. The molecule has 16 heteroatoms. The molecule has 0 bridgehead atoms. The Morgan fingerprint density at radius 3 is 1.47 bits per heavy atom. The summed E-state index contributed by atoms with van der Waals surface area (Å²) in [4.78, 5) is 46.5. The summed E-state index contributed by atoms with van der Waals surface area (Å²) in [5, 5.41) is 16.8. The molecule has 0 N–H and O–H groups in total. The van der Waals surface area contributed by atoms with Gasteiger partial charge in [0.15, 0.2) is 0 Å². The number of piperidine rings is 1. The van der Waals surface area contributed by atoms with Crippen LogP contribution < -0.4 is 14.2 Å². The fourth-order valence-electron chi connectivity index (χ4n) is 13.2. The number of likely N-dealkylation sites (tertiary alicyclic amines) is 1. The van der Waals surface area contributed by atoms with Crippen LogP contribution in [0.4, 0.5) is 0 Å². The fraction of sp³-hybridized carbons (Fsp3) is 0.389. The van der Waals surface area contributed by atoms with Crippen molar-refractivity contribution in [1.82, 2.24) is 48.6 Å². The number of ether oxygens (including phenoxy) is 3. The number of carbonyl (C=O) groups excluding carboxylic acids is 3. The van der Waals surface area contributed by atoms with E-state index in [2.05, 4.69) is 99.4 Å². The van der Waals surface area contributed by atoms with Crippen molar-refractivity contribution in [2.75, 3.05) is 20.1 Å². The highest BCUT2D eigenvalue weighted by atomic mass is 16.5. The number of hydrogen-bond acceptors (Lipinski definition) is 12. The van der Waals surface area contributed by atoms with Crippen LogP contribution in [0.25, 0.3) is 72.0 Å². The molecule has 16 nitrogen and oxygen atoms in total. The number of fused-ring (bicyclic) bond motifs is 4. The van der Waals surface area contributed by atoms with Gasteiger partial charge in [-0.25, -0.2) is 4.98 Å². The van der Waals surface area contributed by atoms with Crippen molar-refractivity contribution < 1.29 is 28.6 Å². The van der Waals surface area contributed by atoms with Crippen molar-refractivity contribution in [3.8, 4) is 63.2 Å². The highest BCUT2D eigenvalue weighted by Gasteiger charge is 2.32. The summed E-state index contributed by atoms with van der Waals surface area (Å²) in [7, 11) is 7.96. The van der Waals surface area contributed by atoms with Gasteiger partial charge in [-0.2, -0.15) is 15.3 Å². The van der Waals surface area contributed by atoms with Gasteiger partial charge in [0.05, 0.1) is 68.6 Å². The molecule has 0 amide bonds. The van der Waals surface area contributed by atoms with Gasteiger partial charge in [0.2, 0.25) is 0 Å². The smallest absolute Gasteiger partial charge is 0.137 e. The van der Waals surface area contributed by atoms with Gasteiger partial charge in [0.25, 0.3) is 0 Å². The Hall–Kier alpha value is -8.94. The number of pyridine rings is 2. The first-order valence-electron chi connectivity index (χ1n) is 31.1. The Morgan fingerprint density at radius 1 is 0.523 bits per heavy atom. The third kappa shape index (κ3) is 13.2. The average molecular weight is 1180 g/mol. The lowest BCUT2D eigenvalue weighted by Gasteiger charge is -2.29. The normalized spacial score (nSPS) is 19.2. The van der Waals surface area contributed by atoms with Crippen molar-refractivity contribution in [1.29, 1.82) is 0 Å². The number of aryl methyl sites for hydroxylation is 4. The largest absolute Gasteiger partial charge is 0.490 e. The summed E-state index contributed by atoms with van der Waals surface area (Å²) in [6.45, 7) is 10.6. The fourth-order valence-corrected chi connectivity index (χ4v) is 13.2. The molecule has 6 atom stereocenters. The molecule has 3 saturated carbocycles. The second kappa shape index (κ2) is 25.4. The van der Waals surface area contributed by atoms with Crippen molar-refractivity contribution in [3.63, 3.8) is 0 Å². The monoisotopic (exact) mass is 1180 g/mol. The molecular weight excluding hydrogens is 1100 g/mol. The molecule has 6 aromatic heterocycles. The number of aromatic nitrogens is 9. The molecule has 1 aliphatic heterocycles. The van der Waals surface area contributed by atoms with Crippen LogP contribution in [0.15, 0.2) is 122 Å². The third-order valence-corrected chi connectivity index (χ3v) is 18.5. The van der Waals surface area contributed by atoms with Crippen molar-refractivity contribution >= 4 is 55.7 Å². The molecular formula is C72H78N10O6. The highest BCUT2D eigenvalue weighted by molar-refractivity contribution is 5.92. The van der Waals surface area contributed by atoms with Crippen LogP contribution in [0.5, 0.6) is 17.2 Å². The molecule has 0 spiro atoms. The van der Waals surface area contributed by atoms with Crippen LogP contribution in [0.1, 0.15) is 114 Å². The van der Waals surface area contributed by atoms with E-state index in [4.69, 9.17) is 20.6 Å². The summed E-state index contributed by atoms with van der Waals surface area (Å²) in [6.07, 6.45) is 26.2. The van der Waals surface area contributed by atoms with E-state index in [1.54, 1.807) is 9.36 Å². The lowest BCUT2D eigenvalue weighted by atomic mass is 9.88. The van der Waals surface area contributed by atoms with E-state index in [-0.39, 0.29) is 30.1 Å². The van der Waals surface area contributed by atoms with Gasteiger partial charge < -0.3 is 19.1 Å². The summed E-state index contributed by atoms with van der Waals surface area (Å²) in [5.74, 6) is 7.63. The number of imidazole rings is 1. The number of rotatable bonds is 13. The second-order valence-electron chi connectivity index (χ2n) is 25.1. The minimum Gasteiger partial charge on any atom is -0.490 e. The van der Waals surface area contributed by atoms with Crippen LogP contribution in [-0.2, 0) is 35.5 Å². The van der Waals surface area contributed by atoms with Gasteiger partial charge >= 0.3 is 0 Å². The Balaban J connectivity index is 0.000000129. The van der Waals surface area contributed by atoms with Crippen molar-refractivity contribution in [2.24, 2.45) is 38.9 Å². The highest BCUT2D eigenvalue weighted by Crippen LogP contribution is 2.40. The zero-order chi connectivity index (χ0) is 61.3. The van der Waals surface area contributed by atoms with Gasteiger partial charge in [0, 0.05) is 125 Å². The molecule has 4 fully saturated rings. The number of carbonyl (C=O) groups is 3. The van der Waals surface area contributed by atoms with Gasteiger partial charge in [-0.1, -0.05) is 36.3 Å².